The first-order valence-corrected chi connectivity index (χ1v) is 11.3. The monoisotopic (exact) mass is 439 g/mol. The molecule has 0 saturated carbocycles. The first-order valence-electron chi connectivity index (χ1n) is 10.1. The summed E-state index contributed by atoms with van der Waals surface area (Å²) >= 11 is 1.71. The van der Waals surface area contributed by atoms with Crippen molar-refractivity contribution in [2.45, 2.75) is 17.7 Å². The summed E-state index contributed by atoms with van der Waals surface area (Å²) in [6.45, 7) is 0. The van der Waals surface area contributed by atoms with E-state index in [1.54, 1.807) is 42.2 Å². The Labute approximate surface area is 190 Å². The van der Waals surface area contributed by atoms with Crippen molar-refractivity contribution in [2.75, 3.05) is 6.26 Å². The molecule has 1 heterocycles. The Morgan fingerprint density at radius 1 is 1.03 bits per heavy atom. The van der Waals surface area contributed by atoms with Crippen LogP contribution in [0.25, 0.3) is 10.9 Å². The minimum atomic E-state index is -0.967. The smallest absolute Gasteiger partial charge is 0.335 e. The summed E-state index contributed by atoms with van der Waals surface area (Å²) in [7, 11) is 0. The van der Waals surface area contributed by atoms with E-state index in [2.05, 4.69) is 41.3 Å². The molecule has 0 aliphatic rings. The van der Waals surface area contributed by atoms with Gasteiger partial charge in [0.25, 0.3) is 0 Å². The Balaban J connectivity index is 1.57. The lowest BCUT2D eigenvalue weighted by Crippen LogP contribution is -2.11. The number of H-pyrrole nitrogens is 1. The van der Waals surface area contributed by atoms with E-state index in [1.807, 2.05) is 24.3 Å². The highest BCUT2D eigenvalue weighted by atomic mass is 32.2. The zero-order valence-corrected chi connectivity index (χ0v) is 18.3. The number of aromatic nitrogens is 1. The van der Waals surface area contributed by atoms with Gasteiger partial charge in [-0.1, -0.05) is 36.1 Å². The van der Waals surface area contributed by atoms with E-state index in [0.29, 0.717) is 23.8 Å². The number of benzene rings is 3. The van der Waals surface area contributed by atoms with Crippen LogP contribution in [0.1, 0.15) is 32.6 Å². The maximum atomic E-state index is 13.1. The van der Waals surface area contributed by atoms with E-state index in [4.69, 9.17) is 5.11 Å². The van der Waals surface area contributed by atoms with Crippen LogP contribution in [0.5, 0.6) is 0 Å². The molecule has 4 rings (SSSR count). The molecule has 0 bridgehead atoms. The van der Waals surface area contributed by atoms with Crippen molar-refractivity contribution >= 4 is 28.6 Å². The van der Waals surface area contributed by atoms with Crippen LogP contribution in [-0.4, -0.2) is 22.3 Å². The maximum Gasteiger partial charge on any atom is 0.335 e. The van der Waals surface area contributed by atoms with Gasteiger partial charge < -0.3 is 10.1 Å². The number of rotatable bonds is 5. The SMILES string of the molecule is CSc1cccc(CC#Cc2ccc3[nH]cc(Cc4ccc(C(=O)O)cc4)c(=O)c3c2)c1. The minimum absolute atomic E-state index is 0.0441. The van der Waals surface area contributed by atoms with Crippen molar-refractivity contribution < 1.29 is 9.90 Å². The van der Waals surface area contributed by atoms with Crippen molar-refractivity contribution in [3.63, 3.8) is 0 Å². The van der Waals surface area contributed by atoms with Crippen molar-refractivity contribution in [1.29, 1.82) is 0 Å². The van der Waals surface area contributed by atoms with Crippen LogP contribution in [-0.2, 0) is 12.8 Å². The van der Waals surface area contributed by atoms with E-state index in [1.165, 1.54) is 10.5 Å². The predicted octanol–water partition coefficient (Wildman–Crippen LogP) is 5.13. The number of thioether (sulfide) groups is 1. The lowest BCUT2D eigenvalue weighted by molar-refractivity contribution is 0.0697. The van der Waals surface area contributed by atoms with Gasteiger partial charge in [0.2, 0.25) is 0 Å². The van der Waals surface area contributed by atoms with Gasteiger partial charge in [0, 0.05) is 46.0 Å². The molecule has 0 radical (unpaired) electrons. The minimum Gasteiger partial charge on any atom is -0.478 e. The molecule has 158 valence electrons. The molecule has 0 fully saturated rings. The van der Waals surface area contributed by atoms with Gasteiger partial charge in [-0.15, -0.1) is 11.8 Å². The van der Waals surface area contributed by atoms with Gasteiger partial charge in [0.1, 0.15) is 0 Å². The summed E-state index contributed by atoms with van der Waals surface area (Å²) in [5.74, 6) is 5.41. The average Bonchev–Trinajstić information content (AvgIpc) is 2.81. The standard InChI is InChI=1S/C27H21NO3S/c1-32-23-7-3-6-18(15-23)4-2-5-19-10-13-25-24(16-19)26(29)22(17-28-25)14-20-8-11-21(12-9-20)27(30)31/h3,6-13,15-17H,4,14H2,1H3,(H,28,29)(H,30,31). The highest BCUT2D eigenvalue weighted by Crippen LogP contribution is 2.16. The first kappa shape index (κ1) is 21.5. The second-order valence-corrected chi connectivity index (χ2v) is 8.29. The molecule has 2 N–H and O–H groups in total. The number of hydrogen-bond donors (Lipinski definition) is 2. The van der Waals surface area contributed by atoms with Crippen molar-refractivity contribution in [1.82, 2.24) is 4.98 Å². The number of aromatic amines is 1. The van der Waals surface area contributed by atoms with Gasteiger partial charge in [-0.25, -0.2) is 4.79 Å². The predicted molar refractivity (Wildman–Crippen MR) is 130 cm³/mol. The van der Waals surface area contributed by atoms with Crippen LogP contribution in [0.15, 0.2) is 82.6 Å². The van der Waals surface area contributed by atoms with Gasteiger partial charge in [0.05, 0.1) is 5.56 Å². The Bertz CT molecular complexity index is 1410. The summed E-state index contributed by atoms with van der Waals surface area (Å²) in [5.41, 5.74) is 4.41. The number of pyridine rings is 1. The molecular weight excluding hydrogens is 418 g/mol. The topological polar surface area (TPSA) is 70.2 Å². The lowest BCUT2D eigenvalue weighted by Gasteiger charge is -2.05. The van der Waals surface area contributed by atoms with Crippen LogP contribution < -0.4 is 5.43 Å². The van der Waals surface area contributed by atoms with Crippen molar-refractivity contribution in [3.05, 3.63) is 111 Å². The molecule has 4 nitrogen and oxygen atoms in total. The number of carboxylic acids is 1. The second kappa shape index (κ2) is 9.59. The van der Waals surface area contributed by atoms with Crippen molar-refractivity contribution in [3.8, 4) is 11.8 Å². The number of nitrogens with one attached hydrogen (secondary N) is 1. The normalized spacial score (nSPS) is 10.5. The maximum absolute atomic E-state index is 13.1. The molecule has 0 aliphatic heterocycles. The Morgan fingerprint density at radius 3 is 2.59 bits per heavy atom. The molecule has 3 aromatic carbocycles. The quantitative estimate of drug-likeness (QED) is 0.334. The third-order valence-corrected chi connectivity index (χ3v) is 5.94. The molecule has 0 spiro atoms. The highest BCUT2D eigenvalue weighted by molar-refractivity contribution is 7.98. The molecular formula is C27H21NO3S. The van der Waals surface area contributed by atoms with E-state index in [9.17, 15) is 9.59 Å². The largest absolute Gasteiger partial charge is 0.478 e. The summed E-state index contributed by atoms with van der Waals surface area (Å²) in [6.07, 6.45) is 4.85. The fourth-order valence-corrected chi connectivity index (χ4v) is 3.97. The summed E-state index contributed by atoms with van der Waals surface area (Å²) in [5, 5.41) is 9.63. The van der Waals surface area contributed by atoms with Gasteiger partial charge >= 0.3 is 5.97 Å². The number of carboxylic acid groups (broad SMARTS) is 1. The number of aromatic carboxylic acids is 1. The van der Waals surface area contributed by atoms with Crippen LogP contribution in [0.3, 0.4) is 0 Å². The molecule has 32 heavy (non-hydrogen) atoms. The number of carbonyl (C=O) groups is 1. The summed E-state index contributed by atoms with van der Waals surface area (Å²) < 4.78 is 0. The highest BCUT2D eigenvalue weighted by Gasteiger charge is 2.08. The molecule has 5 heteroatoms. The molecule has 0 amide bonds. The molecule has 4 aromatic rings. The third kappa shape index (κ3) is 4.93. The zero-order chi connectivity index (χ0) is 22.5. The number of hydrogen-bond acceptors (Lipinski definition) is 3. The van der Waals surface area contributed by atoms with E-state index < -0.39 is 5.97 Å². The average molecular weight is 440 g/mol. The Morgan fingerprint density at radius 2 is 1.84 bits per heavy atom. The summed E-state index contributed by atoms with van der Waals surface area (Å²) in [4.78, 5) is 28.5. The molecule has 1 aromatic heterocycles. The Hall–Kier alpha value is -3.75. The molecule has 0 saturated heterocycles. The van der Waals surface area contributed by atoms with Gasteiger partial charge in [-0.2, -0.15) is 0 Å². The molecule has 0 atom stereocenters. The third-order valence-electron chi connectivity index (χ3n) is 5.21. The van der Waals surface area contributed by atoms with Gasteiger partial charge in [-0.05, 0) is 59.8 Å². The first-order chi connectivity index (χ1) is 15.5. The zero-order valence-electron chi connectivity index (χ0n) is 17.5. The van der Waals surface area contributed by atoms with Gasteiger partial charge in [-0.3, -0.25) is 4.79 Å². The molecule has 0 aliphatic carbocycles. The van der Waals surface area contributed by atoms with Crippen LogP contribution in [0.2, 0.25) is 0 Å². The fraction of sp³-hybridized carbons (Fsp3) is 0.111. The van der Waals surface area contributed by atoms with Crippen LogP contribution >= 0.6 is 11.8 Å². The second-order valence-electron chi connectivity index (χ2n) is 7.41. The van der Waals surface area contributed by atoms with Crippen LogP contribution in [0.4, 0.5) is 0 Å². The van der Waals surface area contributed by atoms with Crippen LogP contribution in [0, 0.1) is 11.8 Å². The molecule has 0 unspecified atom stereocenters. The van der Waals surface area contributed by atoms with E-state index in [-0.39, 0.29) is 11.0 Å². The van der Waals surface area contributed by atoms with Crippen molar-refractivity contribution in [2.24, 2.45) is 0 Å². The lowest BCUT2D eigenvalue weighted by atomic mass is 10.0. The van der Waals surface area contributed by atoms with E-state index in [0.717, 1.165) is 16.6 Å². The Kier molecular flexibility index (Phi) is 6.44. The number of fused-ring (bicyclic) bond motifs is 1. The fourth-order valence-electron chi connectivity index (χ4n) is 3.49. The van der Waals surface area contributed by atoms with E-state index >= 15 is 0 Å². The summed E-state index contributed by atoms with van der Waals surface area (Å²) in [6, 6.07) is 20.5. The van der Waals surface area contributed by atoms with Gasteiger partial charge in [0.15, 0.2) is 5.43 Å².